The number of hydrogen-bond donors (Lipinski definition) is 0. The highest BCUT2D eigenvalue weighted by molar-refractivity contribution is 8.03. The Morgan fingerprint density at radius 2 is 2.05 bits per heavy atom. The maximum Gasteiger partial charge on any atom is 0.133 e. The molecule has 2 nitrogen and oxygen atoms in total. The van der Waals surface area contributed by atoms with Crippen molar-refractivity contribution in [3.63, 3.8) is 0 Å². The topological polar surface area (TPSA) is 33.0 Å². The van der Waals surface area contributed by atoms with Crippen LogP contribution in [0.25, 0.3) is 0 Å². The largest absolute Gasteiger partial charge is 0.493 e. The average molecular weight is 305 g/mol. The summed E-state index contributed by atoms with van der Waals surface area (Å²) in [4.78, 5) is 0. The smallest absolute Gasteiger partial charge is 0.133 e. The van der Waals surface area contributed by atoms with Crippen LogP contribution in [0.2, 0.25) is 0 Å². The first kappa shape index (κ1) is 17.9. The van der Waals surface area contributed by atoms with Crippen LogP contribution in [0.15, 0.2) is 18.2 Å². The van der Waals surface area contributed by atoms with Crippen LogP contribution in [0.5, 0.6) is 5.75 Å². The van der Waals surface area contributed by atoms with Crippen LogP contribution in [0.1, 0.15) is 52.2 Å². The number of ether oxygens (including phenoxy) is 1. The third-order valence-corrected chi connectivity index (χ3v) is 4.20. The molecule has 1 aromatic rings. The van der Waals surface area contributed by atoms with Gasteiger partial charge in [-0.05, 0) is 53.1 Å². The Balaban J connectivity index is 2.91. The molecule has 0 spiro atoms. The van der Waals surface area contributed by atoms with Gasteiger partial charge in [-0.25, -0.2) is 0 Å². The molecule has 0 bridgehead atoms. The summed E-state index contributed by atoms with van der Waals surface area (Å²) in [7, 11) is 0. The normalized spacial score (nSPS) is 12.8. The summed E-state index contributed by atoms with van der Waals surface area (Å²) < 4.78 is 5.89. The summed E-state index contributed by atoms with van der Waals surface area (Å²) in [6.07, 6.45) is 2.03. The number of nitriles is 1. The minimum atomic E-state index is 0.0731. The molecule has 0 saturated heterocycles. The van der Waals surface area contributed by atoms with Crippen molar-refractivity contribution >= 4 is 11.8 Å². The van der Waals surface area contributed by atoms with Gasteiger partial charge in [0.2, 0.25) is 0 Å². The second-order valence-corrected chi connectivity index (χ2v) is 7.45. The van der Waals surface area contributed by atoms with Gasteiger partial charge in [0.15, 0.2) is 0 Å². The van der Waals surface area contributed by atoms with Crippen molar-refractivity contribution in [3.8, 4) is 11.2 Å². The van der Waals surface area contributed by atoms with E-state index in [0.717, 1.165) is 31.0 Å². The maximum absolute atomic E-state index is 8.65. The molecule has 0 heterocycles. The van der Waals surface area contributed by atoms with Crippen LogP contribution in [0, 0.1) is 16.6 Å². The number of benzene rings is 1. The molecule has 0 radical (unpaired) electrons. The molecule has 0 aliphatic carbocycles. The molecule has 1 atom stereocenters. The van der Waals surface area contributed by atoms with E-state index in [2.05, 4.69) is 58.2 Å². The van der Waals surface area contributed by atoms with Crippen molar-refractivity contribution in [1.29, 1.82) is 5.26 Å². The minimum absolute atomic E-state index is 0.0731. The van der Waals surface area contributed by atoms with Gasteiger partial charge in [-0.2, -0.15) is 5.26 Å². The molecule has 0 aliphatic heterocycles. The molecular formula is C18H27NOS. The predicted molar refractivity (Wildman–Crippen MR) is 91.9 cm³/mol. The zero-order valence-electron chi connectivity index (χ0n) is 13.9. The average Bonchev–Trinajstić information content (AvgIpc) is 2.42. The highest BCUT2D eigenvalue weighted by Gasteiger charge is 2.20. The second kappa shape index (κ2) is 8.34. The minimum Gasteiger partial charge on any atom is -0.493 e. The van der Waals surface area contributed by atoms with Crippen LogP contribution in [0.3, 0.4) is 0 Å². The summed E-state index contributed by atoms with van der Waals surface area (Å²) >= 11 is 1.34. The van der Waals surface area contributed by atoms with E-state index in [1.807, 2.05) is 0 Å². The van der Waals surface area contributed by atoms with Crippen molar-refractivity contribution in [2.24, 2.45) is 5.92 Å². The Morgan fingerprint density at radius 3 is 2.62 bits per heavy atom. The number of rotatable bonds is 7. The molecule has 0 fully saturated rings. The lowest BCUT2D eigenvalue weighted by molar-refractivity contribution is 0.308. The fourth-order valence-electron chi connectivity index (χ4n) is 2.27. The van der Waals surface area contributed by atoms with Crippen molar-refractivity contribution < 1.29 is 4.74 Å². The molecule has 116 valence electrons. The van der Waals surface area contributed by atoms with Gasteiger partial charge in [-0.1, -0.05) is 46.8 Å². The van der Waals surface area contributed by atoms with E-state index in [1.54, 1.807) is 0 Å². The van der Waals surface area contributed by atoms with Crippen LogP contribution >= 0.6 is 11.8 Å². The lowest BCUT2D eigenvalue weighted by atomic mass is 9.84. The zero-order valence-corrected chi connectivity index (χ0v) is 14.7. The summed E-state index contributed by atoms with van der Waals surface area (Å²) in [5.41, 5.74) is 2.67. The highest BCUT2D eigenvalue weighted by Crippen LogP contribution is 2.33. The third kappa shape index (κ3) is 6.01. The van der Waals surface area contributed by atoms with Gasteiger partial charge in [0, 0.05) is 5.75 Å². The van der Waals surface area contributed by atoms with Gasteiger partial charge in [-0.15, -0.1) is 0 Å². The molecule has 3 heteroatoms. The van der Waals surface area contributed by atoms with E-state index in [1.165, 1.54) is 22.9 Å². The van der Waals surface area contributed by atoms with E-state index in [-0.39, 0.29) is 5.41 Å². The predicted octanol–water partition coefficient (Wildman–Crippen LogP) is 5.17. The molecule has 1 aromatic carbocycles. The number of hydrogen-bond acceptors (Lipinski definition) is 3. The lowest BCUT2D eigenvalue weighted by Gasteiger charge is -2.24. The zero-order chi connectivity index (χ0) is 15.9. The van der Waals surface area contributed by atoms with Gasteiger partial charge in [0.05, 0.1) is 6.61 Å². The fraction of sp³-hybridized carbons (Fsp3) is 0.611. The van der Waals surface area contributed by atoms with E-state index < -0.39 is 0 Å². The Bertz CT molecular complexity index is 485. The van der Waals surface area contributed by atoms with E-state index in [0.29, 0.717) is 5.92 Å². The van der Waals surface area contributed by atoms with Crippen molar-refractivity contribution in [1.82, 2.24) is 0 Å². The summed E-state index contributed by atoms with van der Waals surface area (Å²) in [5, 5.41) is 10.8. The number of thioether (sulfide) groups is 1. The molecule has 1 unspecified atom stereocenters. The van der Waals surface area contributed by atoms with E-state index in [4.69, 9.17) is 10.00 Å². The van der Waals surface area contributed by atoms with Crippen LogP contribution in [-0.4, -0.2) is 12.4 Å². The van der Waals surface area contributed by atoms with Gasteiger partial charge >= 0.3 is 0 Å². The number of nitrogens with zero attached hydrogens (tertiary/aromatic N) is 1. The Hall–Kier alpha value is -1.14. The van der Waals surface area contributed by atoms with Crippen LogP contribution in [-0.2, 0) is 11.8 Å². The van der Waals surface area contributed by atoms with Gasteiger partial charge in [0.1, 0.15) is 11.2 Å². The first-order chi connectivity index (χ1) is 9.88. The molecular weight excluding hydrogens is 278 g/mol. The Morgan fingerprint density at radius 1 is 1.33 bits per heavy atom. The maximum atomic E-state index is 8.65. The molecule has 21 heavy (non-hydrogen) atoms. The Labute approximate surface area is 133 Å². The lowest BCUT2D eigenvalue weighted by Crippen LogP contribution is -2.15. The quantitative estimate of drug-likeness (QED) is 0.652. The monoisotopic (exact) mass is 305 g/mol. The number of thiocyanates is 1. The fourth-order valence-corrected chi connectivity index (χ4v) is 2.75. The third-order valence-electron chi connectivity index (χ3n) is 3.33. The molecule has 0 amide bonds. The van der Waals surface area contributed by atoms with Crippen LogP contribution < -0.4 is 4.74 Å². The highest BCUT2D eigenvalue weighted by atomic mass is 32.2. The SMILES string of the molecule is CCCOc1ccc(CC(C)CSC#N)cc1C(C)(C)C. The first-order valence-corrected chi connectivity index (χ1v) is 8.64. The molecule has 0 aromatic heterocycles. The standard InChI is InChI=1S/C18H27NOS/c1-6-9-20-17-8-7-15(10-14(2)12-21-13-19)11-16(17)18(3,4)5/h7-8,11,14H,6,9-10,12H2,1-5H3. The van der Waals surface area contributed by atoms with Crippen molar-refractivity contribution in [2.75, 3.05) is 12.4 Å². The van der Waals surface area contributed by atoms with Crippen molar-refractivity contribution in [2.45, 2.75) is 52.9 Å². The van der Waals surface area contributed by atoms with Crippen molar-refractivity contribution in [3.05, 3.63) is 29.3 Å². The van der Waals surface area contributed by atoms with Crippen LogP contribution in [0.4, 0.5) is 0 Å². The van der Waals surface area contributed by atoms with E-state index >= 15 is 0 Å². The molecule has 0 N–H and O–H groups in total. The summed E-state index contributed by atoms with van der Waals surface area (Å²) in [5.74, 6) is 2.40. The second-order valence-electron chi connectivity index (χ2n) is 6.64. The Kier molecular flexibility index (Phi) is 7.11. The van der Waals surface area contributed by atoms with Gasteiger partial charge < -0.3 is 4.74 Å². The van der Waals surface area contributed by atoms with Gasteiger partial charge in [0.25, 0.3) is 0 Å². The molecule has 1 rings (SSSR count). The summed E-state index contributed by atoms with van der Waals surface area (Å²) in [6, 6.07) is 6.54. The first-order valence-electron chi connectivity index (χ1n) is 7.65. The molecule has 0 saturated carbocycles. The molecule has 0 aliphatic rings. The summed E-state index contributed by atoms with van der Waals surface area (Å²) in [6.45, 7) is 11.7. The van der Waals surface area contributed by atoms with E-state index in [9.17, 15) is 0 Å². The van der Waals surface area contributed by atoms with Gasteiger partial charge in [-0.3, -0.25) is 0 Å².